The van der Waals surface area contributed by atoms with Crippen molar-refractivity contribution in [1.29, 1.82) is 0 Å². The van der Waals surface area contributed by atoms with E-state index in [1.165, 1.54) is 59.9 Å². The van der Waals surface area contributed by atoms with Gasteiger partial charge in [-0.2, -0.15) is 0 Å². The molecule has 1 saturated heterocycles. The van der Waals surface area contributed by atoms with Gasteiger partial charge in [-0.3, -0.25) is 43.3 Å². The monoisotopic (exact) mass is 1790 g/mol. The van der Waals surface area contributed by atoms with E-state index in [1.807, 2.05) is 110 Å². The number of H-pyrrole nitrogens is 1. The van der Waals surface area contributed by atoms with E-state index in [2.05, 4.69) is 132 Å². The number of thiophene rings is 1. The number of methoxy groups -OCH3 is 2. The van der Waals surface area contributed by atoms with E-state index in [1.54, 1.807) is 135 Å². The Kier molecular flexibility index (Phi) is 32.7. The predicted octanol–water partition coefficient (Wildman–Crippen LogP) is 19.9. The molecule has 1 aliphatic carbocycles. The number of fused-ring (bicyclic) bond motifs is 4. The molecule has 0 radical (unpaired) electrons. The van der Waals surface area contributed by atoms with E-state index >= 15 is 0 Å². The Bertz CT molecular complexity index is 6700. The number of halogens is 1. The summed E-state index contributed by atoms with van der Waals surface area (Å²) >= 11 is 7.83. The first-order valence-corrected chi connectivity index (χ1v) is 44.6. The first-order valence-electron chi connectivity index (χ1n) is 43.4. The number of nitrogens with one attached hydrogen (secondary N) is 5. The van der Waals surface area contributed by atoms with Gasteiger partial charge in [0.25, 0.3) is 23.3 Å². The zero-order valence-electron chi connectivity index (χ0n) is 74.8. The Labute approximate surface area is 770 Å². The first-order chi connectivity index (χ1) is 63.3. The van der Waals surface area contributed by atoms with E-state index in [0.717, 1.165) is 125 Å². The highest BCUT2D eigenvalue weighted by molar-refractivity contribution is 7.21. The predicted molar refractivity (Wildman–Crippen MR) is 522 cm³/mol. The number of ether oxygens (including phenoxy) is 2. The Balaban J connectivity index is 0.000000141. The fourth-order valence-corrected chi connectivity index (χ4v) is 16.5. The molecular formula is C106H105ClN12O11S. The van der Waals surface area contributed by atoms with Crippen molar-refractivity contribution in [3.8, 4) is 21.9 Å². The third kappa shape index (κ3) is 26.6. The SMILES string of the molecule is CC(=O)Cc1ccc(NC(=O)c2cc(=O)c3cc(C)cc(C)c3o2)cc1.CN(C)CCNc1ncnc2sc(-c3ccccc3)cc12.COc1ccc(/C=C(\NC(=O)c2ccc(C)cc2)C(=O)Nc2ccc(C(C)=O)cc2)cc1.COc1cccc(CC(=O)c2ccc3c(c2)CCCC3)c1.O=c1[nH]c(C2CCCN(Cc3ccccc3)C2)nc2c1ncn2Cc1cccc(Cl)c1. The molecule has 1 unspecified atom stereocenters. The number of likely N-dealkylation sites (tertiary alicyclic amines) is 1. The number of hydrogen-bond acceptors (Lipinski definition) is 19. The fourth-order valence-electron chi connectivity index (χ4n) is 15.3. The number of likely N-dealkylation sites (N-methyl/N-ethyl adjacent to an activating group) is 1. The maximum Gasteiger partial charge on any atom is 0.291 e. The number of carbonyl (C=O) groups is 6. The summed E-state index contributed by atoms with van der Waals surface area (Å²) in [5, 5.41) is 13.8. The van der Waals surface area contributed by atoms with Crippen molar-refractivity contribution in [2.24, 2.45) is 0 Å². The molecule has 15 aromatic rings. The summed E-state index contributed by atoms with van der Waals surface area (Å²) in [6, 6.07) is 77.3. The average Bonchev–Trinajstić information content (AvgIpc) is 1.71. The second-order valence-corrected chi connectivity index (χ2v) is 34.1. The standard InChI is InChI=1S/C26H24N2O4.C24H24ClN5O.C21H19NO4.C19H20O2.C16H18N4S/c1-17-4-8-21(9-5-17)25(30)28-24(16-19-6-14-23(32-3)15-7-19)26(31)27-22-12-10-20(11-13-22)18(2)29;25-20-10-4-8-18(12-20)14-30-16-26-21-23(30)27-22(28-24(21)31)19-9-5-11-29(15-19)13-17-6-2-1-3-7-17;1-12-8-13(2)20-17(9-12)18(24)11-19(26-20)21(25)22-16-6-4-15(5-7-16)10-14(3)23;1-21-18-8-4-5-14(11-18)12-19(20)17-10-9-15-6-2-3-7-16(15)13-17;1-20(2)9-8-17-15-13-10-14(12-6-4-3-5-7-12)21-16(13)19-11-18-15/h4-16H,1-3H3,(H,27,31)(H,28,30);1-4,6-8,10,12,16,19H,5,9,11,13-15H2,(H,27,28,31);4-9,11H,10H2,1-3H3,(H,22,25);4-5,8-11,13H,2-3,6-7,12H2,1H3;3-7,10-11H,8-9H2,1-2H3,(H,17,18,19)/b24-16-;;;;. The van der Waals surface area contributed by atoms with E-state index in [-0.39, 0.29) is 45.7 Å². The van der Waals surface area contributed by atoms with Crippen molar-refractivity contribution in [2.45, 2.75) is 105 Å². The summed E-state index contributed by atoms with van der Waals surface area (Å²) in [5.41, 5.74) is 15.7. The number of anilines is 3. The topological polar surface area (TPSA) is 295 Å². The smallest absolute Gasteiger partial charge is 0.291 e. The summed E-state index contributed by atoms with van der Waals surface area (Å²) in [6.07, 6.45) is 12.5. The van der Waals surface area contributed by atoms with E-state index in [4.69, 9.17) is 30.5 Å². The molecule has 0 bridgehead atoms. The van der Waals surface area contributed by atoms with Gasteiger partial charge in [-0.25, -0.2) is 19.9 Å². The Hall–Kier alpha value is -14.4. The number of nitrogens with zero attached hydrogens (tertiary/aromatic N) is 7. The molecule has 1 fully saturated rings. The summed E-state index contributed by atoms with van der Waals surface area (Å²) in [5.74, 6) is 2.12. The quantitative estimate of drug-likeness (QED) is 0.0262. The maximum absolute atomic E-state index is 13.0. The zero-order valence-corrected chi connectivity index (χ0v) is 76.4. The van der Waals surface area contributed by atoms with Crippen molar-refractivity contribution in [3.63, 3.8) is 0 Å². The number of Topliss-reactive ketones (excluding diaryl/α,β-unsaturated/α-hetero) is 3. The van der Waals surface area contributed by atoms with Crippen LogP contribution in [0, 0.1) is 20.8 Å². The molecule has 668 valence electrons. The lowest BCUT2D eigenvalue weighted by molar-refractivity contribution is -0.116. The second-order valence-electron chi connectivity index (χ2n) is 32.7. The normalized spacial score (nSPS) is 12.8. The highest BCUT2D eigenvalue weighted by atomic mass is 35.5. The number of hydrogen-bond donors (Lipinski definition) is 5. The molecule has 2 aliphatic rings. The van der Waals surface area contributed by atoms with Gasteiger partial charge < -0.3 is 49.6 Å². The number of piperidine rings is 1. The lowest BCUT2D eigenvalue weighted by atomic mass is 9.89. The maximum atomic E-state index is 13.0. The van der Waals surface area contributed by atoms with Crippen LogP contribution in [-0.4, -0.2) is 129 Å². The summed E-state index contributed by atoms with van der Waals surface area (Å²) in [6.45, 7) is 13.9. The fraction of sp³-hybridized carbons (Fsp3) is 0.226. The number of aryl methyl sites for hydroxylation is 5. The third-order valence-corrected chi connectivity index (χ3v) is 23.4. The van der Waals surface area contributed by atoms with Crippen molar-refractivity contribution in [1.82, 2.24) is 44.6 Å². The number of benzene rings is 10. The number of imidazole rings is 1. The molecule has 25 heteroatoms. The highest BCUT2D eigenvalue weighted by Gasteiger charge is 2.26. The Morgan fingerprint density at radius 1 is 0.611 bits per heavy atom. The third-order valence-electron chi connectivity index (χ3n) is 22.1. The van der Waals surface area contributed by atoms with Gasteiger partial charge in [0.2, 0.25) is 0 Å². The largest absolute Gasteiger partial charge is 0.497 e. The van der Waals surface area contributed by atoms with Crippen LogP contribution in [0.15, 0.2) is 281 Å². The molecule has 131 heavy (non-hydrogen) atoms. The van der Waals surface area contributed by atoms with Gasteiger partial charge in [-0.1, -0.05) is 157 Å². The molecule has 1 atom stereocenters. The minimum atomic E-state index is -0.497. The van der Waals surface area contributed by atoms with Crippen LogP contribution in [0.1, 0.15) is 149 Å². The summed E-state index contributed by atoms with van der Waals surface area (Å²) < 4.78 is 18.0. The van der Waals surface area contributed by atoms with Crippen molar-refractivity contribution >= 4 is 114 Å². The van der Waals surface area contributed by atoms with Gasteiger partial charge in [-0.05, 0) is 259 Å². The van der Waals surface area contributed by atoms with E-state index < -0.39 is 17.7 Å². The molecular weight excluding hydrogens is 1680 g/mol. The van der Waals surface area contributed by atoms with Crippen molar-refractivity contribution < 1.29 is 42.7 Å². The second kappa shape index (κ2) is 45.5. The Morgan fingerprint density at radius 3 is 2.00 bits per heavy atom. The lowest BCUT2D eigenvalue weighted by Gasteiger charge is -2.32. The highest BCUT2D eigenvalue weighted by Crippen LogP contribution is 2.36. The summed E-state index contributed by atoms with van der Waals surface area (Å²) in [4.78, 5) is 126. The first kappa shape index (κ1) is 94.2. The minimum absolute atomic E-state index is 0.0396. The van der Waals surface area contributed by atoms with Crippen molar-refractivity contribution in [2.75, 3.05) is 70.4 Å². The van der Waals surface area contributed by atoms with Crippen LogP contribution < -0.4 is 41.7 Å². The summed E-state index contributed by atoms with van der Waals surface area (Å²) in [7, 11) is 7.35. The number of amides is 3. The number of rotatable bonds is 25. The molecule has 3 amide bonds. The van der Waals surface area contributed by atoms with Crippen LogP contribution in [0.5, 0.6) is 11.5 Å². The van der Waals surface area contributed by atoms with Crippen LogP contribution in [-0.2, 0) is 48.4 Å². The minimum Gasteiger partial charge on any atom is -0.497 e. The van der Waals surface area contributed by atoms with Crippen LogP contribution in [0.2, 0.25) is 5.02 Å². The van der Waals surface area contributed by atoms with Gasteiger partial charge in [0.15, 0.2) is 33.9 Å². The number of aromatic amines is 1. The molecule has 23 nitrogen and oxygen atoms in total. The molecule has 10 aromatic carbocycles. The van der Waals surface area contributed by atoms with Crippen LogP contribution in [0.25, 0.3) is 48.9 Å². The Morgan fingerprint density at radius 2 is 1.29 bits per heavy atom. The van der Waals surface area contributed by atoms with Gasteiger partial charge >= 0.3 is 0 Å². The molecule has 17 rings (SSSR count). The van der Waals surface area contributed by atoms with Gasteiger partial charge in [-0.15, -0.1) is 11.3 Å². The van der Waals surface area contributed by atoms with E-state index in [9.17, 15) is 38.4 Å². The van der Waals surface area contributed by atoms with Crippen LogP contribution in [0.4, 0.5) is 17.2 Å². The van der Waals surface area contributed by atoms with Gasteiger partial charge in [0.05, 0.1) is 37.9 Å². The molecule has 0 spiro atoms. The molecule has 5 aromatic heterocycles. The van der Waals surface area contributed by atoms with Gasteiger partial charge in [0, 0.05) is 89.0 Å². The number of carbonyl (C=O) groups excluding carboxylic acids is 6. The van der Waals surface area contributed by atoms with Crippen LogP contribution in [0.3, 0.4) is 0 Å². The molecule has 5 N–H and O–H groups in total. The zero-order chi connectivity index (χ0) is 92.5. The average molecular weight is 1790 g/mol. The van der Waals surface area contributed by atoms with Crippen molar-refractivity contribution in [3.05, 3.63) is 377 Å². The molecule has 1 aliphatic heterocycles. The van der Waals surface area contributed by atoms with E-state index in [0.29, 0.717) is 80.4 Å². The number of ketones is 3. The van der Waals surface area contributed by atoms with Crippen LogP contribution >= 0.6 is 22.9 Å². The molecule has 6 heterocycles. The lowest BCUT2D eigenvalue weighted by Crippen LogP contribution is -2.35. The molecule has 0 saturated carbocycles. The van der Waals surface area contributed by atoms with Gasteiger partial charge in [0.1, 0.15) is 51.4 Å². The number of aromatic nitrogens is 6.